The van der Waals surface area contributed by atoms with Crippen molar-refractivity contribution in [3.63, 3.8) is 0 Å². The summed E-state index contributed by atoms with van der Waals surface area (Å²) in [6.07, 6.45) is 3.59. The van der Waals surface area contributed by atoms with Gasteiger partial charge in [-0.3, -0.25) is 0 Å². The van der Waals surface area contributed by atoms with Crippen LogP contribution in [0.5, 0.6) is 0 Å². The lowest BCUT2D eigenvalue weighted by atomic mass is 10.2. The van der Waals surface area contributed by atoms with Gasteiger partial charge in [-0.2, -0.15) is 11.8 Å². The number of nitrogens with zero attached hydrogens (tertiary/aromatic N) is 4. The lowest BCUT2D eigenvalue weighted by molar-refractivity contribution is 0.426. The number of thioether (sulfide) groups is 1. The fraction of sp³-hybridized carbons (Fsp3) is 0.333. The zero-order valence-electron chi connectivity index (χ0n) is 11.2. The van der Waals surface area contributed by atoms with Gasteiger partial charge in [0, 0.05) is 10.3 Å². The van der Waals surface area contributed by atoms with Crippen LogP contribution >= 0.6 is 34.9 Å². The van der Waals surface area contributed by atoms with Crippen molar-refractivity contribution in [2.45, 2.75) is 29.8 Å². The molecule has 3 aromatic rings. The maximum absolute atomic E-state index is 5.59. The van der Waals surface area contributed by atoms with Gasteiger partial charge >= 0.3 is 0 Å². The molecule has 0 aliphatic heterocycles. The molecule has 0 aliphatic carbocycles. The van der Waals surface area contributed by atoms with Crippen molar-refractivity contribution < 1.29 is 4.42 Å². The van der Waals surface area contributed by atoms with E-state index in [0.29, 0.717) is 11.1 Å². The Morgan fingerprint density at radius 2 is 2.10 bits per heavy atom. The molecule has 0 atom stereocenters. The quantitative estimate of drug-likeness (QED) is 0.678. The minimum absolute atomic E-state index is 0.525. The fourth-order valence-corrected chi connectivity index (χ4v) is 4.03. The molecule has 0 spiro atoms. The first kappa shape index (κ1) is 13.8. The molecule has 5 nitrogen and oxygen atoms in total. The maximum atomic E-state index is 5.59. The highest BCUT2D eigenvalue weighted by Gasteiger charge is 2.15. The Balaban J connectivity index is 1.97. The van der Waals surface area contributed by atoms with Crippen LogP contribution in [0.25, 0.3) is 10.2 Å². The van der Waals surface area contributed by atoms with Gasteiger partial charge in [-0.25, -0.2) is 9.97 Å². The van der Waals surface area contributed by atoms with E-state index in [9.17, 15) is 0 Å². The van der Waals surface area contributed by atoms with Crippen LogP contribution in [-0.4, -0.2) is 26.4 Å². The molecule has 0 N–H and O–H groups in total. The molecule has 0 unspecified atom stereocenters. The van der Waals surface area contributed by atoms with Gasteiger partial charge in [0.15, 0.2) is 0 Å². The van der Waals surface area contributed by atoms with Gasteiger partial charge in [0.05, 0.1) is 5.75 Å². The summed E-state index contributed by atoms with van der Waals surface area (Å²) in [7, 11) is 0. The highest BCUT2D eigenvalue weighted by Crippen LogP contribution is 2.36. The summed E-state index contributed by atoms with van der Waals surface area (Å²) in [6.45, 7) is 4.19. The van der Waals surface area contributed by atoms with Crippen molar-refractivity contribution in [1.29, 1.82) is 0 Å². The number of hydrogen-bond acceptors (Lipinski definition) is 8. The molecule has 0 bridgehead atoms. The minimum Gasteiger partial charge on any atom is -0.415 e. The highest BCUT2D eigenvalue weighted by atomic mass is 32.2. The second kappa shape index (κ2) is 5.71. The van der Waals surface area contributed by atoms with E-state index in [1.807, 2.05) is 6.26 Å². The number of hydrogen-bond donors (Lipinski definition) is 0. The summed E-state index contributed by atoms with van der Waals surface area (Å²) < 4.78 is 5.59. The lowest BCUT2D eigenvalue weighted by Gasteiger charge is -1.99. The minimum atomic E-state index is 0.525. The normalized spacial score (nSPS) is 11.3. The molecule has 0 saturated carbocycles. The summed E-state index contributed by atoms with van der Waals surface area (Å²) in [6, 6.07) is 0. The molecule has 8 heteroatoms. The molecule has 104 valence electrons. The zero-order valence-corrected chi connectivity index (χ0v) is 13.7. The molecule has 0 fully saturated rings. The number of thiophene rings is 1. The zero-order chi connectivity index (χ0) is 14.1. The van der Waals surface area contributed by atoms with E-state index in [2.05, 4.69) is 34.0 Å². The van der Waals surface area contributed by atoms with Crippen LogP contribution in [-0.2, 0) is 5.75 Å². The van der Waals surface area contributed by atoms with Crippen molar-refractivity contribution in [3.05, 3.63) is 22.7 Å². The fourth-order valence-electron chi connectivity index (χ4n) is 1.77. The van der Waals surface area contributed by atoms with E-state index in [4.69, 9.17) is 4.42 Å². The van der Waals surface area contributed by atoms with Gasteiger partial charge in [-0.05, 0) is 37.4 Å². The van der Waals surface area contributed by atoms with Gasteiger partial charge in [0.25, 0.3) is 5.22 Å². The number of rotatable bonds is 4. The van der Waals surface area contributed by atoms with Crippen molar-refractivity contribution in [2.24, 2.45) is 0 Å². The topological polar surface area (TPSA) is 64.7 Å². The molecule has 0 amide bonds. The molecule has 0 aliphatic rings. The lowest BCUT2D eigenvalue weighted by Crippen LogP contribution is -1.85. The first-order valence-corrected chi connectivity index (χ1v) is 8.91. The van der Waals surface area contributed by atoms with Crippen LogP contribution < -0.4 is 0 Å². The van der Waals surface area contributed by atoms with E-state index in [0.717, 1.165) is 21.0 Å². The molecule has 0 aromatic carbocycles. The van der Waals surface area contributed by atoms with Gasteiger partial charge < -0.3 is 4.42 Å². The number of fused-ring (bicyclic) bond motifs is 1. The standard InChI is InChI=1S/C12H12N4OS3/c1-6-7(2)19-10-9(6)11(14-5-13-10)20-12-16-15-8(17-12)4-18-3/h5H,4H2,1-3H3. The summed E-state index contributed by atoms with van der Waals surface area (Å²) in [5.41, 5.74) is 1.22. The van der Waals surface area contributed by atoms with E-state index < -0.39 is 0 Å². The molecule has 3 rings (SSSR count). The summed E-state index contributed by atoms with van der Waals surface area (Å²) in [5, 5.41) is 10.5. The van der Waals surface area contributed by atoms with Crippen LogP contribution in [0.1, 0.15) is 16.3 Å². The Bertz CT molecular complexity index is 752. The summed E-state index contributed by atoms with van der Waals surface area (Å²) >= 11 is 4.73. The van der Waals surface area contributed by atoms with Crippen molar-refractivity contribution in [2.75, 3.05) is 6.26 Å². The average molecular weight is 324 g/mol. The van der Waals surface area contributed by atoms with Gasteiger partial charge in [0.2, 0.25) is 5.89 Å². The monoisotopic (exact) mass is 324 g/mol. The third-order valence-corrected chi connectivity index (χ3v) is 5.32. The Morgan fingerprint density at radius 1 is 1.25 bits per heavy atom. The van der Waals surface area contributed by atoms with E-state index in [-0.39, 0.29) is 0 Å². The molecule has 0 radical (unpaired) electrons. The van der Waals surface area contributed by atoms with Crippen molar-refractivity contribution in [3.8, 4) is 0 Å². The summed E-state index contributed by atoms with van der Waals surface area (Å²) in [4.78, 5) is 10.9. The molecule has 3 heterocycles. The Hall–Kier alpha value is -1.12. The van der Waals surface area contributed by atoms with Gasteiger partial charge in [0.1, 0.15) is 16.2 Å². The molecule has 20 heavy (non-hydrogen) atoms. The predicted molar refractivity (Wildman–Crippen MR) is 82.5 cm³/mol. The largest absolute Gasteiger partial charge is 0.415 e. The summed E-state index contributed by atoms with van der Waals surface area (Å²) in [5.74, 6) is 1.37. The molecule has 3 aromatic heterocycles. The second-order valence-electron chi connectivity index (χ2n) is 4.14. The molecular formula is C12H12N4OS3. The second-order valence-corrected chi connectivity index (χ2v) is 7.15. The Labute approximate surface area is 128 Å². The smallest absolute Gasteiger partial charge is 0.282 e. The first-order valence-electron chi connectivity index (χ1n) is 5.89. The van der Waals surface area contributed by atoms with Crippen molar-refractivity contribution >= 4 is 45.1 Å². The van der Waals surface area contributed by atoms with Crippen LogP contribution in [0.3, 0.4) is 0 Å². The Kier molecular flexibility index (Phi) is 3.95. The Morgan fingerprint density at radius 3 is 2.90 bits per heavy atom. The highest BCUT2D eigenvalue weighted by molar-refractivity contribution is 7.99. The first-order chi connectivity index (χ1) is 9.69. The molecule has 0 saturated heterocycles. The average Bonchev–Trinajstić information content (AvgIpc) is 2.97. The SMILES string of the molecule is CSCc1nnc(Sc2ncnc3sc(C)c(C)c23)o1. The van der Waals surface area contributed by atoms with E-state index in [1.54, 1.807) is 29.4 Å². The van der Waals surface area contributed by atoms with Crippen LogP contribution in [0.4, 0.5) is 0 Å². The van der Waals surface area contributed by atoms with Crippen LogP contribution in [0, 0.1) is 13.8 Å². The van der Waals surface area contributed by atoms with Crippen LogP contribution in [0.15, 0.2) is 21.0 Å². The third kappa shape index (κ3) is 2.55. The number of aromatic nitrogens is 4. The van der Waals surface area contributed by atoms with E-state index in [1.165, 1.54) is 22.2 Å². The number of aryl methyl sites for hydroxylation is 2. The molecular weight excluding hydrogens is 312 g/mol. The maximum Gasteiger partial charge on any atom is 0.282 e. The van der Waals surface area contributed by atoms with Gasteiger partial charge in [-0.1, -0.05) is 0 Å². The van der Waals surface area contributed by atoms with Crippen LogP contribution in [0.2, 0.25) is 0 Å². The van der Waals surface area contributed by atoms with E-state index >= 15 is 0 Å². The predicted octanol–water partition coefficient (Wildman–Crippen LogP) is 3.71. The van der Waals surface area contributed by atoms with Crippen molar-refractivity contribution in [1.82, 2.24) is 20.2 Å². The van der Waals surface area contributed by atoms with Gasteiger partial charge in [-0.15, -0.1) is 21.5 Å². The third-order valence-electron chi connectivity index (χ3n) is 2.83.